The lowest BCUT2D eigenvalue weighted by Gasteiger charge is -2.43. The Morgan fingerprint density at radius 2 is 2.00 bits per heavy atom. The zero-order chi connectivity index (χ0) is 18.0. The van der Waals surface area contributed by atoms with Gasteiger partial charge in [-0.1, -0.05) is 18.2 Å². The van der Waals surface area contributed by atoms with E-state index in [2.05, 4.69) is 33.4 Å². The van der Waals surface area contributed by atoms with E-state index in [1.807, 2.05) is 24.4 Å². The van der Waals surface area contributed by atoms with Crippen molar-refractivity contribution < 1.29 is 9.53 Å². The molecule has 0 aliphatic carbocycles. The molecule has 1 unspecified atom stereocenters. The van der Waals surface area contributed by atoms with Gasteiger partial charge in [-0.3, -0.25) is 14.7 Å². The highest BCUT2D eigenvalue weighted by molar-refractivity contribution is 5.81. The lowest BCUT2D eigenvalue weighted by atomic mass is 9.74. The van der Waals surface area contributed by atoms with Crippen LogP contribution in [0.15, 0.2) is 48.8 Å². The van der Waals surface area contributed by atoms with Crippen molar-refractivity contribution in [2.75, 3.05) is 20.2 Å². The summed E-state index contributed by atoms with van der Waals surface area (Å²) < 4.78 is 5.23. The molecule has 2 fully saturated rings. The number of carbonyl (C=O) groups is 1. The van der Waals surface area contributed by atoms with Gasteiger partial charge in [0.25, 0.3) is 0 Å². The molecule has 1 N–H and O–H groups in total. The summed E-state index contributed by atoms with van der Waals surface area (Å²) in [6, 6.07) is 12.3. The van der Waals surface area contributed by atoms with Gasteiger partial charge >= 0.3 is 0 Å². The molecule has 1 aromatic carbocycles. The minimum atomic E-state index is -0.115. The quantitative estimate of drug-likeness (QED) is 0.920. The predicted octanol–water partition coefficient (Wildman–Crippen LogP) is 2.73. The van der Waals surface area contributed by atoms with Crippen LogP contribution in [0.5, 0.6) is 5.75 Å². The molecular weight excluding hydrogens is 326 g/mol. The molecule has 0 radical (unpaired) electrons. The first-order valence-corrected chi connectivity index (χ1v) is 9.25. The van der Waals surface area contributed by atoms with Crippen LogP contribution in [-0.2, 0) is 11.3 Å². The van der Waals surface area contributed by atoms with Gasteiger partial charge in [-0.05, 0) is 42.2 Å². The van der Waals surface area contributed by atoms with Gasteiger partial charge in [-0.15, -0.1) is 0 Å². The standard InChI is InChI=1S/C21H25N3O2/c1-26-18-6-4-16(5-7-18)15-24-11-8-21(9-12-24)19(13-20(25)23-21)17-3-2-10-22-14-17/h2-7,10,14,19H,8-9,11-13,15H2,1H3,(H,23,25). The number of methoxy groups -OCH3 is 1. The Balaban J connectivity index is 1.43. The van der Waals surface area contributed by atoms with E-state index < -0.39 is 0 Å². The number of likely N-dealkylation sites (tertiary alicyclic amines) is 1. The van der Waals surface area contributed by atoms with E-state index in [1.54, 1.807) is 13.3 Å². The number of nitrogens with one attached hydrogen (secondary N) is 1. The Kier molecular flexibility index (Phi) is 4.64. The van der Waals surface area contributed by atoms with E-state index in [0.717, 1.165) is 38.2 Å². The van der Waals surface area contributed by atoms with Crippen LogP contribution in [0.1, 0.15) is 36.3 Å². The molecule has 1 spiro atoms. The largest absolute Gasteiger partial charge is 0.497 e. The Bertz CT molecular complexity index is 753. The van der Waals surface area contributed by atoms with E-state index in [-0.39, 0.29) is 17.4 Å². The van der Waals surface area contributed by atoms with Crippen LogP contribution in [0, 0.1) is 0 Å². The van der Waals surface area contributed by atoms with Crippen molar-refractivity contribution in [3.05, 3.63) is 59.9 Å². The van der Waals surface area contributed by atoms with Crippen LogP contribution >= 0.6 is 0 Å². The number of piperidine rings is 1. The van der Waals surface area contributed by atoms with Gasteiger partial charge in [-0.25, -0.2) is 0 Å². The zero-order valence-electron chi connectivity index (χ0n) is 15.1. The molecular formula is C21H25N3O2. The molecule has 136 valence electrons. The number of rotatable bonds is 4. The van der Waals surface area contributed by atoms with Crippen LogP contribution in [0.25, 0.3) is 0 Å². The van der Waals surface area contributed by atoms with E-state index in [9.17, 15) is 4.79 Å². The highest BCUT2D eigenvalue weighted by Crippen LogP contribution is 2.43. The summed E-state index contributed by atoms with van der Waals surface area (Å²) in [5, 5.41) is 3.31. The lowest BCUT2D eigenvalue weighted by Crippen LogP contribution is -2.53. The van der Waals surface area contributed by atoms with Gasteiger partial charge in [0.15, 0.2) is 0 Å². The molecule has 0 saturated carbocycles. The summed E-state index contributed by atoms with van der Waals surface area (Å²) >= 11 is 0. The second-order valence-corrected chi connectivity index (χ2v) is 7.37. The van der Waals surface area contributed by atoms with Crippen molar-refractivity contribution in [3.8, 4) is 5.75 Å². The number of nitrogens with zero attached hydrogens (tertiary/aromatic N) is 2. The van der Waals surface area contributed by atoms with Crippen LogP contribution in [-0.4, -0.2) is 41.5 Å². The Morgan fingerprint density at radius 3 is 2.65 bits per heavy atom. The molecule has 2 aliphatic rings. The van der Waals surface area contributed by atoms with Gasteiger partial charge in [0, 0.05) is 49.9 Å². The van der Waals surface area contributed by atoms with Crippen LogP contribution in [0.2, 0.25) is 0 Å². The van der Waals surface area contributed by atoms with Crippen molar-refractivity contribution >= 4 is 5.91 Å². The molecule has 1 atom stereocenters. The van der Waals surface area contributed by atoms with Crippen molar-refractivity contribution in [3.63, 3.8) is 0 Å². The zero-order valence-corrected chi connectivity index (χ0v) is 15.1. The number of benzene rings is 1. The molecule has 1 amide bonds. The first-order chi connectivity index (χ1) is 12.7. The lowest BCUT2D eigenvalue weighted by molar-refractivity contribution is -0.120. The monoisotopic (exact) mass is 351 g/mol. The maximum absolute atomic E-state index is 12.2. The third-order valence-electron chi connectivity index (χ3n) is 5.85. The third-order valence-corrected chi connectivity index (χ3v) is 5.85. The number of ether oxygens (including phenoxy) is 1. The van der Waals surface area contributed by atoms with E-state index in [4.69, 9.17) is 4.74 Å². The maximum Gasteiger partial charge on any atom is 0.221 e. The Morgan fingerprint density at radius 1 is 1.23 bits per heavy atom. The van der Waals surface area contributed by atoms with Crippen molar-refractivity contribution in [1.29, 1.82) is 0 Å². The Labute approximate surface area is 154 Å². The number of amides is 1. The predicted molar refractivity (Wildman–Crippen MR) is 100.0 cm³/mol. The second-order valence-electron chi connectivity index (χ2n) is 7.37. The number of pyridine rings is 1. The average Bonchev–Trinajstić information content (AvgIpc) is 3.01. The fourth-order valence-electron chi connectivity index (χ4n) is 4.39. The normalized spacial score (nSPS) is 22.3. The minimum Gasteiger partial charge on any atom is -0.497 e. The van der Waals surface area contributed by atoms with Gasteiger partial charge in [0.2, 0.25) is 5.91 Å². The van der Waals surface area contributed by atoms with Gasteiger partial charge in [0.1, 0.15) is 5.75 Å². The summed E-state index contributed by atoms with van der Waals surface area (Å²) in [5.41, 5.74) is 2.35. The van der Waals surface area contributed by atoms with Crippen molar-refractivity contribution in [2.24, 2.45) is 0 Å². The van der Waals surface area contributed by atoms with E-state index in [0.29, 0.717) is 6.42 Å². The SMILES string of the molecule is COc1ccc(CN2CCC3(CC2)NC(=O)CC3c2cccnc2)cc1. The van der Waals surface area contributed by atoms with E-state index >= 15 is 0 Å². The fraction of sp³-hybridized carbons (Fsp3) is 0.429. The molecule has 3 heterocycles. The minimum absolute atomic E-state index is 0.115. The summed E-state index contributed by atoms with van der Waals surface area (Å²) in [6.45, 7) is 2.91. The van der Waals surface area contributed by atoms with Crippen molar-refractivity contribution in [1.82, 2.24) is 15.2 Å². The summed E-state index contributed by atoms with van der Waals surface area (Å²) in [5.74, 6) is 1.29. The van der Waals surface area contributed by atoms with Crippen LogP contribution in [0.3, 0.4) is 0 Å². The molecule has 0 bridgehead atoms. The summed E-state index contributed by atoms with van der Waals surface area (Å²) in [6.07, 6.45) is 6.24. The number of hydrogen-bond acceptors (Lipinski definition) is 4. The molecule has 5 nitrogen and oxygen atoms in total. The number of carbonyl (C=O) groups excluding carboxylic acids is 1. The maximum atomic E-state index is 12.2. The smallest absolute Gasteiger partial charge is 0.221 e. The Hall–Kier alpha value is -2.40. The average molecular weight is 351 g/mol. The molecule has 4 rings (SSSR count). The first kappa shape index (κ1) is 17.0. The molecule has 1 aromatic heterocycles. The topological polar surface area (TPSA) is 54.5 Å². The fourth-order valence-corrected chi connectivity index (χ4v) is 4.39. The van der Waals surface area contributed by atoms with Gasteiger partial charge in [-0.2, -0.15) is 0 Å². The third kappa shape index (κ3) is 3.31. The summed E-state index contributed by atoms with van der Waals surface area (Å²) in [4.78, 5) is 18.9. The molecule has 5 heteroatoms. The molecule has 2 aliphatic heterocycles. The van der Waals surface area contributed by atoms with Crippen LogP contribution < -0.4 is 10.1 Å². The molecule has 2 aromatic rings. The molecule has 26 heavy (non-hydrogen) atoms. The number of hydrogen-bond donors (Lipinski definition) is 1. The molecule has 2 saturated heterocycles. The number of aromatic nitrogens is 1. The summed E-state index contributed by atoms with van der Waals surface area (Å²) in [7, 11) is 1.69. The van der Waals surface area contributed by atoms with Gasteiger partial charge < -0.3 is 10.1 Å². The second kappa shape index (κ2) is 7.08. The van der Waals surface area contributed by atoms with Gasteiger partial charge in [0.05, 0.1) is 7.11 Å². The highest BCUT2D eigenvalue weighted by atomic mass is 16.5. The van der Waals surface area contributed by atoms with E-state index in [1.165, 1.54) is 11.1 Å². The highest BCUT2D eigenvalue weighted by Gasteiger charge is 2.48. The van der Waals surface area contributed by atoms with Crippen LogP contribution in [0.4, 0.5) is 0 Å². The first-order valence-electron chi connectivity index (χ1n) is 9.25. The van der Waals surface area contributed by atoms with Crippen molar-refractivity contribution in [2.45, 2.75) is 37.3 Å².